The third-order valence-corrected chi connectivity index (χ3v) is 3.66. The molecule has 0 radical (unpaired) electrons. The minimum Gasteiger partial charge on any atom is -0.299 e. The zero-order valence-corrected chi connectivity index (χ0v) is 11.9. The van der Waals surface area contributed by atoms with Crippen molar-refractivity contribution in [2.75, 3.05) is 0 Å². The fourth-order valence-corrected chi connectivity index (χ4v) is 2.42. The van der Waals surface area contributed by atoms with E-state index >= 15 is 0 Å². The van der Waals surface area contributed by atoms with Crippen molar-refractivity contribution in [1.82, 2.24) is 9.55 Å². The molecule has 0 aliphatic rings. The molecule has 84 valence electrons. The minimum atomic E-state index is 0.00208. The Morgan fingerprint density at radius 1 is 1.31 bits per heavy atom. The molecule has 1 aromatic heterocycles. The monoisotopic (exact) mass is 344 g/mol. The third-order valence-electron chi connectivity index (χ3n) is 2.51. The van der Waals surface area contributed by atoms with Crippen molar-refractivity contribution in [3.8, 4) is 0 Å². The maximum absolute atomic E-state index is 12.1. The van der Waals surface area contributed by atoms with E-state index in [1.54, 1.807) is 11.6 Å². The fraction of sp³-hybridized carbons (Fsp3) is 0.273. The molecule has 0 aliphatic heterocycles. The van der Waals surface area contributed by atoms with Gasteiger partial charge in [0.05, 0.1) is 16.2 Å². The van der Waals surface area contributed by atoms with Crippen LogP contribution in [-0.4, -0.2) is 9.55 Å². The largest absolute Gasteiger partial charge is 0.299 e. The van der Waals surface area contributed by atoms with Gasteiger partial charge in [0, 0.05) is 12.4 Å². The van der Waals surface area contributed by atoms with Crippen molar-refractivity contribution in [1.29, 1.82) is 0 Å². The van der Waals surface area contributed by atoms with Crippen LogP contribution in [0.5, 0.6) is 0 Å². The first-order valence-corrected chi connectivity index (χ1v) is 7.02. The molecule has 3 nitrogen and oxygen atoms in total. The Kier molecular flexibility index (Phi) is 3.44. The molecule has 1 aromatic carbocycles. The molecule has 0 saturated heterocycles. The van der Waals surface area contributed by atoms with Gasteiger partial charge in [0.1, 0.15) is 5.82 Å². The van der Waals surface area contributed by atoms with Crippen LogP contribution in [0.25, 0.3) is 10.9 Å². The lowest BCUT2D eigenvalue weighted by Gasteiger charge is -2.07. The van der Waals surface area contributed by atoms with E-state index in [9.17, 15) is 4.79 Å². The Labute approximate surface area is 110 Å². The van der Waals surface area contributed by atoms with Crippen LogP contribution in [-0.2, 0) is 17.7 Å². The molecule has 0 aliphatic carbocycles. The summed E-state index contributed by atoms with van der Waals surface area (Å²) in [5, 5.41) is 1.99. The van der Waals surface area contributed by atoms with E-state index in [2.05, 4.69) is 36.8 Å². The second kappa shape index (κ2) is 4.67. The van der Waals surface area contributed by atoms with E-state index in [1.165, 1.54) is 0 Å². The molecule has 16 heavy (non-hydrogen) atoms. The number of hydrogen-bond donors (Lipinski definition) is 0. The first kappa shape index (κ1) is 11.8. The van der Waals surface area contributed by atoms with E-state index in [-0.39, 0.29) is 5.56 Å². The van der Waals surface area contributed by atoms with Crippen molar-refractivity contribution in [2.45, 2.75) is 10.7 Å². The quantitative estimate of drug-likeness (QED) is 0.784. The number of hydrogen-bond acceptors (Lipinski definition) is 2. The second-order valence-corrected chi connectivity index (χ2v) is 4.63. The van der Waals surface area contributed by atoms with Gasteiger partial charge in [0.15, 0.2) is 0 Å². The predicted octanol–water partition coefficient (Wildman–Crippen LogP) is 2.72. The summed E-state index contributed by atoms with van der Waals surface area (Å²) in [5.41, 5.74) is 1.84. The Bertz CT molecular complexity index is 592. The highest BCUT2D eigenvalue weighted by molar-refractivity contribution is 9.08. The lowest BCUT2D eigenvalue weighted by atomic mass is 10.1. The van der Waals surface area contributed by atoms with Gasteiger partial charge in [-0.3, -0.25) is 9.36 Å². The number of rotatable bonds is 2. The Balaban J connectivity index is 2.82. The van der Waals surface area contributed by atoms with Gasteiger partial charge in [-0.1, -0.05) is 37.9 Å². The molecule has 0 spiro atoms. The van der Waals surface area contributed by atoms with Crippen LogP contribution in [0.2, 0.25) is 0 Å². The first-order valence-electron chi connectivity index (χ1n) is 4.78. The smallest absolute Gasteiger partial charge is 0.261 e. The van der Waals surface area contributed by atoms with Gasteiger partial charge >= 0.3 is 0 Å². The van der Waals surface area contributed by atoms with Gasteiger partial charge in [-0.15, -0.1) is 0 Å². The van der Waals surface area contributed by atoms with Gasteiger partial charge in [0.2, 0.25) is 0 Å². The number of benzene rings is 1. The van der Waals surface area contributed by atoms with Gasteiger partial charge in [0.25, 0.3) is 5.56 Å². The van der Waals surface area contributed by atoms with Crippen LogP contribution in [0, 0.1) is 0 Å². The average Bonchev–Trinajstić information content (AvgIpc) is 2.33. The number of aromatic nitrogens is 2. The molecule has 5 heteroatoms. The zero-order valence-electron chi connectivity index (χ0n) is 8.70. The molecule has 0 unspecified atom stereocenters. The number of halogens is 2. The van der Waals surface area contributed by atoms with E-state index in [0.717, 1.165) is 22.2 Å². The maximum atomic E-state index is 12.1. The van der Waals surface area contributed by atoms with E-state index in [0.29, 0.717) is 10.7 Å². The summed E-state index contributed by atoms with van der Waals surface area (Å²) in [7, 11) is 1.74. The van der Waals surface area contributed by atoms with Crippen LogP contribution in [0.3, 0.4) is 0 Å². The topological polar surface area (TPSA) is 34.9 Å². The summed E-state index contributed by atoms with van der Waals surface area (Å²) in [6.45, 7) is 0. The van der Waals surface area contributed by atoms with E-state index in [1.807, 2.05) is 18.2 Å². The van der Waals surface area contributed by atoms with Gasteiger partial charge in [-0.05, 0) is 17.7 Å². The lowest BCUT2D eigenvalue weighted by molar-refractivity contribution is 0.787. The predicted molar refractivity (Wildman–Crippen MR) is 72.2 cm³/mol. The normalized spacial score (nSPS) is 10.9. The maximum Gasteiger partial charge on any atom is 0.261 e. The molecule has 0 saturated carbocycles. The second-order valence-electron chi connectivity index (χ2n) is 3.51. The van der Waals surface area contributed by atoms with Gasteiger partial charge < -0.3 is 0 Å². The van der Waals surface area contributed by atoms with Crippen molar-refractivity contribution in [3.63, 3.8) is 0 Å². The summed E-state index contributed by atoms with van der Waals surface area (Å²) in [4.78, 5) is 16.5. The van der Waals surface area contributed by atoms with Gasteiger partial charge in [-0.2, -0.15) is 0 Å². The molecular weight excluding hydrogens is 336 g/mol. The van der Waals surface area contributed by atoms with Crippen LogP contribution in [0.4, 0.5) is 0 Å². The molecule has 0 N–H and O–H groups in total. The van der Waals surface area contributed by atoms with Crippen LogP contribution in [0.1, 0.15) is 11.4 Å². The molecule has 2 aromatic rings. The van der Waals surface area contributed by atoms with Crippen LogP contribution >= 0.6 is 31.9 Å². The van der Waals surface area contributed by atoms with Crippen molar-refractivity contribution >= 4 is 42.8 Å². The van der Waals surface area contributed by atoms with Crippen molar-refractivity contribution in [2.24, 2.45) is 7.05 Å². The van der Waals surface area contributed by atoms with Crippen LogP contribution < -0.4 is 5.56 Å². The lowest BCUT2D eigenvalue weighted by Crippen LogP contribution is -2.21. The minimum absolute atomic E-state index is 0.00208. The number of fused-ring (bicyclic) bond motifs is 1. The number of nitrogens with zero attached hydrogens (tertiary/aromatic N) is 2. The average molecular weight is 346 g/mol. The molecule has 0 amide bonds. The fourth-order valence-electron chi connectivity index (χ4n) is 1.57. The van der Waals surface area contributed by atoms with E-state index < -0.39 is 0 Å². The van der Waals surface area contributed by atoms with E-state index in [4.69, 9.17) is 0 Å². The molecule has 2 rings (SSSR count). The zero-order chi connectivity index (χ0) is 11.7. The Morgan fingerprint density at radius 2 is 2.06 bits per heavy atom. The third kappa shape index (κ3) is 1.94. The molecule has 1 heterocycles. The molecular formula is C11H10Br2N2O. The summed E-state index contributed by atoms with van der Waals surface area (Å²) in [6.07, 6.45) is 0. The summed E-state index contributed by atoms with van der Waals surface area (Å²) >= 11 is 6.70. The highest BCUT2D eigenvalue weighted by Gasteiger charge is 2.07. The Hall–Kier alpha value is -0.680. The Morgan fingerprint density at radius 3 is 2.69 bits per heavy atom. The molecule has 0 fully saturated rings. The highest BCUT2D eigenvalue weighted by Crippen LogP contribution is 2.14. The summed E-state index contributed by atoms with van der Waals surface area (Å²) in [6, 6.07) is 5.75. The standard InChI is InChI=1S/C11H10Br2N2O/c1-15-10(6-13)14-9-3-2-7(5-12)4-8(9)11(15)16/h2-4H,5-6H2,1H3. The van der Waals surface area contributed by atoms with Crippen molar-refractivity contribution in [3.05, 3.63) is 39.9 Å². The van der Waals surface area contributed by atoms with Gasteiger partial charge in [-0.25, -0.2) is 4.98 Å². The van der Waals surface area contributed by atoms with Crippen LogP contribution in [0.15, 0.2) is 23.0 Å². The summed E-state index contributed by atoms with van der Waals surface area (Å²) in [5.74, 6) is 0.740. The molecule has 0 bridgehead atoms. The first-order chi connectivity index (χ1) is 7.67. The molecule has 0 atom stereocenters. The highest BCUT2D eigenvalue weighted by atomic mass is 79.9. The summed E-state index contributed by atoms with van der Waals surface area (Å²) < 4.78 is 1.58. The SMILES string of the molecule is Cn1c(CBr)nc2ccc(CBr)cc2c1=O. The van der Waals surface area contributed by atoms with Crippen molar-refractivity contribution < 1.29 is 0 Å². The number of alkyl halides is 2.